The molecule has 4 aromatic carbocycles. The first-order valence-electron chi connectivity index (χ1n) is 7.33. The summed E-state index contributed by atoms with van der Waals surface area (Å²) in [5, 5.41) is 6.47. The number of hydrogen-bond acceptors (Lipinski definition) is 1. The fourth-order valence-corrected chi connectivity index (χ4v) is 4.20. The smallest absolute Gasteiger partial charge is 0.131 e. The minimum absolute atomic E-state index is 0.916. The van der Waals surface area contributed by atoms with Crippen molar-refractivity contribution in [1.82, 2.24) is 0 Å². The zero-order chi connectivity index (χ0) is 14.9. The number of benzene rings is 4. The van der Waals surface area contributed by atoms with Gasteiger partial charge in [0.25, 0.3) is 0 Å². The monoisotopic (exact) mass is 302 g/mol. The maximum absolute atomic E-state index is 12.9. The molecule has 4 rings (SSSR count). The zero-order valence-electron chi connectivity index (χ0n) is 12.0. The highest BCUT2D eigenvalue weighted by atomic mass is 31.1. The highest BCUT2D eigenvalue weighted by Crippen LogP contribution is 2.24. The molecule has 2 heteroatoms. The van der Waals surface area contributed by atoms with Gasteiger partial charge in [-0.2, -0.15) is 0 Å². The molecular formula is C20H15OP. The van der Waals surface area contributed by atoms with E-state index >= 15 is 0 Å². The lowest BCUT2D eigenvalue weighted by molar-refractivity contribution is 0.598. The molecule has 0 saturated heterocycles. The number of rotatable bonds is 2. The summed E-state index contributed by atoms with van der Waals surface area (Å²) >= 11 is 0. The van der Waals surface area contributed by atoms with Crippen LogP contribution < -0.4 is 10.6 Å². The van der Waals surface area contributed by atoms with Gasteiger partial charge in [-0.1, -0.05) is 72.8 Å². The molecule has 0 aliphatic carbocycles. The van der Waals surface area contributed by atoms with E-state index in [1.807, 2.05) is 60.7 Å². The average Bonchev–Trinajstić information content (AvgIpc) is 2.60. The molecule has 0 fully saturated rings. The van der Waals surface area contributed by atoms with Crippen molar-refractivity contribution in [3.8, 4) is 0 Å². The van der Waals surface area contributed by atoms with E-state index < -0.39 is 7.80 Å². The molecular weight excluding hydrogens is 287 g/mol. The van der Waals surface area contributed by atoms with Crippen molar-refractivity contribution in [2.24, 2.45) is 0 Å². The van der Waals surface area contributed by atoms with E-state index in [0.29, 0.717) is 0 Å². The first-order valence-corrected chi connectivity index (χ1v) is 8.74. The Morgan fingerprint density at radius 2 is 0.909 bits per heavy atom. The molecule has 0 aliphatic heterocycles. The molecule has 0 saturated carbocycles. The van der Waals surface area contributed by atoms with Gasteiger partial charge in [-0.3, -0.25) is 0 Å². The van der Waals surface area contributed by atoms with Gasteiger partial charge in [0, 0.05) is 10.6 Å². The Morgan fingerprint density at radius 3 is 1.36 bits per heavy atom. The van der Waals surface area contributed by atoms with E-state index in [1.165, 1.54) is 10.8 Å². The van der Waals surface area contributed by atoms with E-state index in [0.717, 1.165) is 21.4 Å². The van der Waals surface area contributed by atoms with Crippen molar-refractivity contribution < 1.29 is 4.57 Å². The van der Waals surface area contributed by atoms with E-state index in [2.05, 4.69) is 24.3 Å². The molecule has 0 heterocycles. The Kier molecular flexibility index (Phi) is 3.29. The molecule has 0 unspecified atom stereocenters. The summed E-state index contributed by atoms with van der Waals surface area (Å²) < 4.78 is 12.9. The number of hydrogen-bond donors (Lipinski definition) is 0. The van der Waals surface area contributed by atoms with E-state index in [1.54, 1.807) is 0 Å². The maximum Gasteiger partial charge on any atom is 0.131 e. The second-order valence-electron chi connectivity index (χ2n) is 5.45. The number of fused-ring (bicyclic) bond motifs is 2. The van der Waals surface area contributed by atoms with Gasteiger partial charge in [-0.25, -0.2) is 0 Å². The average molecular weight is 302 g/mol. The maximum atomic E-state index is 12.9. The van der Waals surface area contributed by atoms with Crippen LogP contribution in [0.2, 0.25) is 0 Å². The Bertz CT molecular complexity index is 923. The quantitative estimate of drug-likeness (QED) is 0.498. The van der Waals surface area contributed by atoms with Gasteiger partial charge in [0.1, 0.15) is 7.80 Å². The summed E-state index contributed by atoms with van der Waals surface area (Å²) in [5.41, 5.74) is 0. The second-order valence-corrected chi connectivity index (χ2v) is 7.27. The van der Waals surface area contributed by atoms with Crippen LogP contribution in [0.3, 0.4) is 0 Å². The molecule has 0 N–H and O–H groups in total. The van der Waals surface area contributed by atoms with Gasteiger partial charge >= 0.3 is 0 Å². The van der Waals surface area contributed by atoms with E-state index in [4.69, 9.17) is 0 Å². The summed E-state index contributed by atoms with van der Waals surface area (Å²) in [5.74, 6) is 0. The van der Waals surface area contributed by atoms with Gasteiger partial charge in [-0.05, 0) is 33.7 Å². The Hall–Kier alpha value is -2.37. The first-order chi connectivity index (χ1) is 10.8. The lowest BCUT2D eigenvalue weighted by atomic mass is 10.1. The third kappa shape index (κ3) is 2.34. The fourth-order valence-electron chi connectivity index (χ4n) is 2.83. The molecule has 4 aromatic rings. The van der Waals surface area contributed by atoms with Gasteiger partial charge in [0.2, 0.25) is 0 Å². The van der Waals surface area contributed by atoms with Crippen LogP contribution in [0.4, 0.5) is 0 Å². The topological polar surface area (TPSA) is 17.1 Å². The highest BCUT2D eigenvalue weighted by Gasteiger charge is 2.08. The van der Waals surface area contributed by atoms with Crippen LogP contribution in [-0.4, -0.2) is 0 Å². The van der Waals surface area contributed by atoms with E-state index in [-0.39, 0.29) is 0 Å². The van der Waals surface area contributed by atoms with Crippen LogP contribution in [0.5, 0.6) is 0 Å². The van der Waals surface area contributed by atoms with Gasteiger partial charge in [0.15, 0.2) is 0 Å². The molecule has 0 amide bonds. The van der Waals surface area contributed by atoms with Crippen LogP contribution >= 0.6 is 7.80 Å². The molecule has 0 aromatic heterocycles. The Labute approximate surface area is 130 Å². The SMILES string of the molecule is O=[PH](c1ccc2ccccc2c1)c1ccc2ccccc2c1. The van der Waals surface area contributed by atoms with Crippen molar-refractivity contribution in [2.45, 2.75) is 0 Å². The molecule has 1 nitrogen and oxygen atoms in total. The standard InChI is InChI=1S/C20H15OP/c21-22(19-11-9-15-5-1-3-7-17(15)13-19)20-12-10-16-6-2-4-8-18(16)14-20/h1-14,22H. The lowest BCUT2D eigenvalue weighted by Crippen LogP contribution is -2.06. The van der Waals surface area contributed by atoms with Crippen LogP contribution in [0, 0.1) is 0 Å². The molecule has 0 bridgehead atoms. The van der Waals surface area contributed by atoms with Crippen molar-refractivity contribution in [1.29, 1.82) is 0 Å². The lowest BCUT2D eigenvalue weighted by Gasteiger charge is -2.06. The highest BCUT2D eigenvalue weighted by molar-refractivity contribution is 7.61. The molecule has 0 atom stereocenters. The van der Waals surface area contributed by atoms with Crippen molar-refractivity contribution in [2.75, 3.05) is 0 Å². The van der Waals surface area contributed by atoms with Crippen molar-refractivity contribution in [3.05, 3.63) is 84.9 Å². The van der Waals surface area contributed by atoms with Gasteiger partial charge in [-0.15, -0.1) is 0 Å². The molecule has 0 radical (unpaired) electrons. The zero-order valence-corrected chi connectivity index (χ0v) is 13.0. The predicted octanol–water partition coefficient (Wildman–Crippen LogP) is 4.50. The summed E-state index contributed by atoms with van der Waals surface area (Å²) in [6, 6.07) is 28.5. The van der Waals surface area contributed by atoms with Crippen LogP contribution in [0.25, 0.3) is 21.5 Å². The summed E-state index contributed by atoms with van der Waals surface area (Å²) in [6.45, 7) is 0. The Morgan fingerprint density at radius 1 is 0.500 bits per heavy atom. The van der Waals surface area contributed by atoms with Crippen LogP contribution in [0.1, 0.15) is 0 Å². The summed E-state index contributed by atoms with van der Waals surface area (Å²) in [4.78, 5) is 0. The minimum Gasteiger partial charge on any atom is -0.317 e. The largest absolute Gasteiger partial charge is 0.317 e. The van der Waals surface area contributed by atoms with E-state index in [9.17, 15) is 4.57 Å². The minimum atomic E-state index is -1.98. The third-order valence-corrected chi connectivity index (χ3v) is 5.69. The molecule has 106 valence electrons. The van der Waals surface area contributed by atoms with Crippen LogP contribution in [-0.2, 0) is 4.57 Å². The Balaban J connectivity index is 1.80. The van der Waals surface area contributed by atoms with Crippen LogP contribution in [0.15, 0.2) is 84.9 Å². The predicted molar refractivity (Wildman–Crippen MR) is 96.2 cm³/mol. The van der Waals surface area contributed by atoms with Gasteiger partial charge < -0.3 is 4.57 Å². The third-order valence-electron chi connectivity index (χ3n) is 4.02. The normalized spacial score (nSPS) is 11.3. The summed E-state index contributed by atoms with van der Waals surface area (Å²) in [6.07, 6.45) is 0. The first kappa shape index (κ1) is 13.3. The fraction of sp³-hybridized carbons (Fsp3) is 0. The van der Waals surface area contributed by atoms with Gasteiger partial charge in [0.05, 0.1) is 0 Å². The molecule has 22 heavy (non-hydrogen) atoms. The van der Waals surface area contributed by atoms with Crippen molar-refractivity contribution >= 4 is 40.0 Å². The summed E-state index contributed by atoms with van der Waals surface area (Å²) in [7, 11) is -1.98. The van der Waals surface area contributed by atoms with Crippen molar-refractivity contribution in [3.63, 3.8) is 0 Å². The molecule has 0 aliphatic rings. The molecule has 0 spiro atoms. The second kappa shape index (κ2) is 5.44.